The highest BCUT2D eigenvalue weighted by Gasteiger charge is 2.07. The minimum atomic E-state index is 0.0478. The third-order valence-corrected chi connectivity index (χ3v) is 3.98. The lowest BCUT2D eigenvalue weighted by atomic mass is 10.2. The first kappa shape index (κ1) is 14.5. The third kappa shape index (κ3) is 3.35. The first-order chi connectivity index (χ1) is 8.99. The van der Waals surface area contributed by atoms with Crippen molar-refractivity contribution in [1.82, 2.24) is 0 Å². The SMILES string of the molecule is Cc1c(Cl)cccc1N=Nc1cc(Br)cc(Br)c1O. The summed E-state index contributed by atoms with van der Waals surface area (Å²) in [6.45, 7) is 1.87. The molecular weight excluding hydrogens is 395 g/mol. The van der Waals surface area contributed by atoms with Crippen LogP contribution >= 0.6 is 43.5 Å². The van der Waals surface area contributed by atoms with E-state index in [-0.39, 0.29) is 5.75 Å². The Bertz CT molecular complexity index is 659. The Morgan fingerprint density at radius 1 is 1.11 bits per heavy atom. The van der Waals surface area contributed by atoms with Crippen LogP contribution in [0.2, 0.25) is 5.02 Å². The van der Waals surface area contributed by atoms with Crippen molar-refractivity contribution in [2.45, 2.75) is 6.92 Å². The van der Waals surface area contributed by atoms with Crippen molar-refractivity contribution in [3.8, 4) is 5.75 Å². The van der Waals surface area contributed by atoms with Crippen LogP contribution in [0.5, 0.6) is 5.75 Å². The molecule has 0 radical (unpaired) electrons. The molecule has 6 heteroatoms. The van der Waals surface area contributed by atoms with E-state index in [0.29, 0.717) is 20.9 Å². The summed E-state index contributed by atoms with van der Waals surface area (Å²) in [5.74, 6) is 0.0478. The van der Waals surface area contributed by atoms with Gasteiger partial charge in [-0.2, -0.15) is 5.11 Å². The second kappa shape index (κ2) is 6.03. The van der Waals surface area contributed by atoms with Gasteiger partial charge < -0.3 is 5.11 Å². The van der Waals surface area contributed by atoms with E-state index in [1.54, 1.807) is 24.3 Å². The summed E-state index contributed by atoms with van der Waals surface area (Å²) in [6, 6.07) is 8.83. The summed E-state index contributed by atoms with van der Waals surface area (Å²) < 4.78 is 1.35. The van der Waals surface area contributed by atoms with Crippen LogP contribution < -0.4 is 0 Å². The summed E-state index contributed by atoms with van der Waals surface area (Å²) >= 11 is 12.6. The van der Waals surface area contributed by atoms with E-state index in [9.17, 15) is 5.11 Å². The molecule has 0 spiro atoms. The average Bonchev–Trinajstić information content (AvgIpc) is 2.36. The zero-order valence-electron chi connectivity index (χ0n) is 9.86. The Morgan fingerprint density at radius 2 is 1.79 bits per heavy atom. The van der Waals surface area contributed by atoms with Crippen molar-refractivity contribution in [3.05, 3.63) is 49.9 Å². The molecule has 0 aliphatic carbocycles. The van der Waals surface area contributed by atoms with Crippen LogP contribution in [0.3, 0.4) is 0 Å². The van der Waals surface area contributed by atoms with Crippen molar-refractivity contribution in [1.29, 1.82) is 0 Å². The van der Waals surface area contributed by atoms with Crippen LogP contribution in [0.25, 0.3) is 0 Å². The number of aromatic hydroxyl groups is 1. The molecule has 0 unspecified atom stereocenters. The fourth-order valence-electron chi connectivity index (χ4n) is 1.44. The van der Waals surface area contributed by atoms with Gasteiger partial charge in [0, 0.05) is 9.50 Å². The molecule has 98 valence electrons. The molecule has 0 bridgehead atoms. The molecule has 2 aromatic rings. The maximum atomic E-state index is 9.88. The van der Waals surface area contributed by atoms with Crippen LogP contribution in [0.4, 0.5) is 11.4 Å². The molecule has 0 aliphatic heterocycles. The molecular formula is C13H9Br2ClN2O. The Hall–Kier alpha value is -0.910. The summed E-state index contributed by atoms with van der Waals surface area (Å²) in [5, 5.41) is 18.7. The molecule has 1 N–H and O–H groups in total. The monoisotopic (exact) mass is 402 g/mol. The normalized spacial score (nSPS) is 11.2. The summed E-state index contributed by atoms with van der Waals surface area (Å²) in [6.07, 6.45) is 0. The number of benzene rings is 2. The van der Waals surface area contributed by atoms with Crippen molar-refractivity contribution in [3.63, 3.8) is 0 Å². The first-order valence-corrected chi connectivity index (χ1v) is 7.30. The quantitative estimate of drug-likeness (QED) is 0.587. The van der Waals surface area contributed by atoms with Crippen molar-refractivity contribution in [2.24, 2.45) is 10.2 Å². The second-order valence-corrected chi connectivity index (χ2v) is 6.02. The van der Waals surface area contributed by atoms with Gasteiger partial charge in [-0.25, -0.2) is 0 Å². The molecule has 0 saturated heterocycles. The van der Waals surface area contributed by atoms with E-state index in [0.717, 1.165) is 10.0 Å². The number of hydrogen-bond donors (Lipinski definition) is 1. The average molecular weight is 404 g/mol. The smallest absolute Gasteiger partial charge is 0.157 e. The number of hydrogen-bond acceptors (Lipinski definition) is 3. The summed E-state index contributed by atoms with van der Waals surface area (Å²) in [5.41, 5.74) is 1.89. The highest BCUT2D eigenvalue weighted by Crippen LogP contribution is 2.38. The molecule has 0 heterocycles. The molecule has 3 nitrogen and oxygen atoms in total. The number of nitrogens with zero attached hydrogens (tertiary/aromatic N) is 2. The van der Waals surface area contributed by atoms with Gasteiger partial charge in [-0.3, -0.25) is 0 Å². The molecule has 0 aliphatic rings. The Labute approximate surface area is 132 Å². The summed E-state index contributed by atoms with van der Waals surface area (Å²) in [7, 11) is 0. The van der Waals surface area contributed by atoms with Crippen LogP contribution in [-0.2, 0) is 0 Å². The van der Waals surface area contributed by atoms with E-state index >= 15 is 0 Å². The molecule has 2 aromatic carbocycles. The molecule has 0 amide bonds. The minimum Gasteiger partial charge on any atom is -0.505 e. The van der Waals surface area contributed by atoms with Gasteiger partial charge in [0.15, 0.2) is 5.75 Å². The highest BCUT2D eigenvalue weighted by molar-refractivity contribution is 9.11. The number of phenols is 1. The molecule has 2 rings (SSSR count). The van der Waals surface area contributed by atoms with Gasteiger partial charge in [0.2, 0.25) is 0 Å². The lowest BCUT2D eigenvalue weighted by Gasteiger charge is -2.03. The van der Waals surface area contributed by atoms with Gasteiger partial charge in [0.25, 0.3) is 0 Å². The maximum Gasteiger partial charge on any atom is 0.157 e. The van der Waals surface area contributed by atoms with Crippen LogP contribution in [0.1, 0.15) is 5.56 Å². The van der Waals surface area contributed by atoms with Crippen molar-refractivity contribution in [2.75, 3.05) is 0 Å². The number of halogens is 3. The second-order valence-electron chi connectivity index (χ2n) is 3.84. The van der Waals surface area contributed by atoms with Gasteiger partial charge >= 0.3 is 0 Å². The lowest BCUT2D eigenvalue weighted by Crippen LogP contribution is -1.76. The van der Waals surface area contributed by atoms with Gasteiger partial charge in [0.05, 0.1) is 10.2 Å². The summed E-state index contributed by atoms with van der Waals surface area (Å²) in [4.78, 5) is 0. The highest BCUT2D eigenvalue weighted by atomic mass is 79.9. The first-order valence-electron chi connectivity index (χ1n) is 5.34. The zero-order chi connectivity index (χ0) is 14.0. The van der Waals surface area contributed by atoms with Gasteiger partial charge in [-0.05, 0) is 52.7 Å². The van der Waals surface area contributed by atoms with Gasteiger partial charge in [-0.1, -0.05) is 33.6 Å². The van der Waals surface area contributed by atoms with Gasteiger partial charge in [-0.15, -0.1) is 5.11 Å². The lowest BCUT2D eigenvalue weighted by molar-refractivity contribution is 0.473. The topological polar surface area (TPSA) is 45.0 Å². The van der Waals surface area contributed by atoms with E-state index in [2.05, 4.69) is 42.1 Å². The largest absolute Gasteiger partial charge is 0.505 e. The number of azo groups is 1. The Morgan fingerprint density at radius 3 is 2.53 bits per heavy atom. The van der Waals surface area contributed by atoms with Crippen molar-refractivity contribution < 1.29 is 5.11 Å². The van der Waals surface area contributed by atoms with E-state index in [1.807, 2.05) is 13.0 Å². The predicted molar refractivity (Wildman–Crippen MR) is 83.9 cm³/mol. The fraction of sp³-hybridized carbons (Fsp3) is 0.0769. The van der Waals surface area contributed by atoms with Crippen LogP contribution in [-0.4, -0.2) is 5.11 Å². The Kier molecular flexibility index (Phi) is 4.60. The molecule has 19 heavy (non-hydrogen) atoms. The van der Waals surface area contributed by atoms with E-state index in [4.69, 9.17) is 11.6 Å². The number of phenolic OH excluding ortho intramolecular Hbond substituents is 1. The molecule has 0 atom stereocenters. The standard InChI is InChI=1S/C13H9Br2ClN2O/c1-7-10(16)3-2-4-11(7)17-18-12-6-8(14)5-9(15)13(12)19/h2-6,19H,1H3. The zero-order valence-corrected chi connectivity index (χ0v) is 13.8. The van der Waals surface area contributed by atoms with Crippen molar-refractivity contribution >= 4 is 54.8 Å². The molecule has 0 aromatic heterocycles. The van der Waals surface area contributed by atoms with E-state index < -0.39 is 0 Å². The van der Waals surface area contributed by atoms with Crippen LogP contribution in [0.15, 0.2) is 49.5 Å². The van der Waals surface area contributed by atoms with Crippen LogP contribution in [0, 0.1) is 6.92 Å². The Balaban J connectivity index is 2.41. The molecule has 0 saturated carbocycles. The minimum absolute atomic E-state index is 0.0478. The molecule has 0 fully saturated rings. The maximum absolute atomic E-state index is 9.88. The third-order valence-electron chi connectivity index (χ3n) is 2.51. The fourth-order valence-corrected chi connectivity index (χ4v) is 2.81. The predicted octanol–water partition coefficient (Wildman–Crippen LogP) is 6.29. The number of rotatable bonds is 2. The van der Waals surface area contributed by atoms with E-state index in [1.165, 1.54) is 0 Å². The van der Waals surface area contributed by atoms with Gasteiger partial charge in [0.1, 0.15) is 5.69 Å².